The van der Waals surface area contributed by atoms with Crippen LogP contribution in [0.2, 0.25) is 5.02 Å². The molecule has 1 rings (SSSR count). The van der Waals surface area contributed by atoms with Crippen LogP contribution < -0.4 is 0 Å². The van der Waals surface area contributed by atoms with Gasteiger partial charge >= 0.3 is 5.97 Å². The van der Waals surface area contributed by atoms with Gasteiger partial charge in [-0.25, -0.2) is 18.6 Å². The van der Waals surface area contributed by atoms with E-state index in [0.29, 0.717) is 0 Å². The maximum Gasteiger partial charge on any atom is 0.356 e. The summed E-state index contributed by atoms with van der Waals surface area (Å²) in [6.07, 6.45) is -2.85. The summed E-state index contributed by atoms with van der Waals surface area (Å²) >= 11 is 11.2. The average Bonchev–Trinajstić information content (AvgIpc) is 2.26. The monoisotopic (exact) mass is 269 g/mol. The van der Waals surface area contributed by atoms with Crippen LogP contribution in [0.3, 0.4) is 0 Å². The second-order valence-electron chi connectivity index (χ2n) is 2.78. The van der Waals surface area contributed by atoms with E-state index in [1.807, 2.05) is 0 Å². The smallest absolute Gasteiger partial charge is 0.356 e. The number of rotatable bonds is 3. The van der Waals surface area contributed by atoms with Crippen LogP contribution in [0.4, 0.5) is 8.78 Å². The Morgan fingerprint density at radius 2 is 2.25 bits per heavy atom. The molecule has 0 aliphatic heterocycles. The van der Waals surface area contributed by atoms with E-state index in [2.05, 4.69) is 9.72 Å². The number of methoxy groups -OCH3 is 1. The van der Waals surface area contributed by atoms with Crippen molar-refractivity contribution in [2.24, 2.45) is 0 Å². The van der Waals surface area contributed by atoms with E-state index >= 15 is 0 Å². The first-order valence-corrected chi connectivity index (χ1v) is 5.04. The topological polar surface area (TPSA) is 39.2 Å². The van der Waals surface area contributed by atoms with Crippen LogP contribution in [-0.4, -0.2) is 18.1 Å². The molecule has 0 unspecified atom stereocenters. The molecule has 1 aromatic heterocycles. The minimum Gasteiger partial charge on any atom is -0.464 e. The Bertz CT molecular complexity index is 413. The second kappa shape index (κ2) is 5.41. The van der Waals surface area contributed by atoms with Crippen LogP contribution in [0, 0.1) is 0 Å². The van der Waals surface area contributed by atoms with Crippen LogP contribution in [0.25, 0.3) is 0 Å². The molecule has 0 amide bonds. The molecule has 0 aromatic carbocycles. The second-order valence-corrected chi connectivity index (χ2v) is 3.45. The molecular formula is C9H7Cl2F2NO2. The highest BCUT2D eigenvalue weighted by Crippen LogP contribution is 2.29. The van der Waals surface area contributed by atoms with Gasteiger partial charge in [0.1, 0.15) is 11.4 Å². The normalized spacial score (nSPS) is 10.6. The van der Waals surface area contributed by atoms with Crippen LogP contribution in [-0.2, 0) is 10.6 Å². The van der Waals surface area contributed by atoms with Crippen LogP contribution in [0.5, 0.6) is 0 Å². The van der Waals surface area contributed by atoms with Gasteiger partial charge in [0.05, 0.1) is 13.0 Å². The first-order chi connectivity index (χ1) is 7.51. The highest BCUT2D eigenvalue weighted by atomic mass is 35.5. The van der Waals surface area contributed by atoms with Crippen LogP contribution in [0.1, 0.15) is 28.2 Å². The lowest BCUT2D eigenvalue weighted by atomic mass is 10.2. The Labute approximate surface area is 100 Å². The van der Waals surface area contributed by atoms with Crippen molar-refractivity contribution in [1.82, 2.24) is 4.98 Å². The van der Waals surface area contributed by atoms with Gasteiger partial charge < -0.3 is 4.74 Å². The Balaban J connectivity index is 3.33. The third-order valence-corrected chi connectivity index (χ3v) is 2.44. The number of ether oxygens (including phenoxy) is 1. The van der Waals surface area contributed by atoms with Crippen molar-refractivity contribution in [3.63, 3.8) is 0 Å². The van der Waals surface area contributed by atoms with E-state index in [-0.39, 0.29) is 22.2 Å². The minimum absolute atomic E-state index is 0.0194. The van der Waals surface area contributed by atoms with E-state index in [9.17, 15) is 13.6 Å². The number of aromatic nitrogens is 1. The van der Waals surface area contributed by atoms with Crippen LogP contribution in [0.15, 0.2) is 6.07 Å². The fourth-order valence-corrected chi connectivity index (χ4v) is 1.70. The molecular weight excluding hydrogens is 263 g/mol. The molecule has 0 fully saturated rings. The van der Waals surface area contributed by atoms with Gasteiger partial charge in [-0.05, 0) is 6.07 Å². The van der Waals surface area contributed by atoms with Gasteiger partial charge in [-0.2, -0.15) is 0 Å². The number of halogens is 4. The maximum atomic E-state index is 12.6. The van der Waals surface area contributed by atoms with Gasteiger partial charge in [0.25, 0.3) is 6.43 Å². The molecule has 0 atom stereocenters. The van der Waals surface area contributed by atoms with E-state index in [1.165, 1.54) is 0 Å². The van der Waals surface area contributed by atoms with Crippen molar-refractivity contribution < 1.29 is 18.3 Å². The van der Waals surface area contributed by atoms with E-state index in [1.54, 1.807) is 0 Å². The lowest BCUT2D eigenvalue weighted by Gasteiger charge is -2.09. The molecule has 16 heavy (non-hydrogen) atoms. The minimum atomic E-state index is -2.85. The Morgan fingerprint density at radius 3 is 2.69 bits per heavy atom. The highest BCUT2D eigenvalue weighted by molar-refractivity contribution is 6.32. The van der Waals surface area contributed by atoms with Crippen molar-refractivity contribution >= 4 is 29.2 Å². The van der Waals surface area contributed by atoms with E-state index in [0.717, 1.165) is 13.2 Å². The predicted molar refractivity (Wildman–Crippen MR) is 55.1 cm³/mol. The zero-order valence-corrected chi connectivity index (χ0v) is 9.65. The van der Waals surface area contributed by atoms with Crippen molar-refractivity contribution in [3.05, 3.63) is 28.0 Å². The quantitative estimate of drug-likeness (QED) is 0.625. The van der Waals surface area contributed by atoms with E-state index in [4.69, 9.17) is 23.2 Å². The van der Waals surface area contributed by atoms with Crippen molar-refractivity contribution in [2.75, 3.05) is 7.11 Å². The Morgan fingerprint density at radius 1 is 1.62 bits per heavy atom. The standard InChI is InChI=1S/C9H7Cl2F2NO2/c1-16-9(15)6-2-5(11)4(3-10)7(14-6)8(12)13/h2,8H,3H2,1H3. The van der Waals surface area contributed by atoms with Gasteiger partial charge in [-0.15, -0.1) is 11.6 Å². The summed E-state index contributed by atoms with van der Waals surface area (Å²) in [5, 5.41) is -0.0271. The number of alkyl halides is 3. The zero-order chi connectivity index (χ0) is 12.3. The lowest BCUT2D eigenvalue weighted by Crippen LogP contribution is -2.09. The highest BCUT2D eigenvalue weighted by Gasteiger charge is 2.21. The molecule has 0 radical (unpaired) electrons. The molecule has 7 heteroatoms. The summed E-state index contributed by atoms with van der Waals surface area (Å²) in [4.78, 5) is 14.6. The van der Waals surface area contributed by atoms with Crippen molar-refractivity contribution in [1.29, 1.82) is 0 Å². The van der Waals surface area contributed by atoms with Crippen molar-refractivity contribution in [3.8, 4) is 0 Å². The summed E-state index contributed by atoms with van der Waals surface area (Å²) in [6.45, 7) is 0. The SMILES string of the molecule is COC(=O)c1cc(Cl)c(CCl)c(C(F)F)n1. The molecule has 0 bridgehead atoms. The fraction of sp³-hybridized carbons (Fsp3) is 0.333. The molecule has 1 aromatic rings. The molecule has 0 aliphatic carbocycles. The predicted octanol–water partition coefficient (Wildman–Crippen LogP) is 3.20. The lowest BCUT2D eigenvalue weighted by molar-refractivity contribution is 0.0592. The summed E-state index contributed by atoms with van der Waals surface area (Å²) < 4.78 is 29.6. The number of carbonyl (C=O) groups excluding carboxylic acids is 1. The zero-order valence-electron chi connectivity index (χ0n) is 8.14. The summed E-state index contributed by atoms with van der Waals surface area (Å²) in [5.74, 6) is -1.03. The average molecular weight is 270 g/mol. The number of hydrogen-bond donors (Lipinski definition) is 0. The molecule has 0 aliphatic rings. The Kier molecular flexibility index (Phi) is 4.44. The van der Waals surface area contributed by atoms with Crippen molar-refractivity contribution in [2.45, 2.75) is 12.3 Å². The third kappa shape index (κ3) is 2.59. The number of carbonyl (C=O) groups is 1. The van der Waals surface area contributed by atoms with Gasteiger partial charge in [0, 0.05) is 10.6 Å². The molecule has 1 heterocycles. The summed E-state index contributed by atoms with van der Waals surface area (Å²) in [5.41, 5.74) is -0.842. The van der Waals surface area contributed by atoms with Gasteiger partial charge in [-0.1, -0.05) is 11.6 Å². The molecule has 3 nitrogen and oxygen atoms in total. The van der Waals surface area contributed by atoms with E-state index < -0.39 is 18.1 Å². The molecule has 88 valence electrons. The number of esters is 1. The summed E-state index contributed by atoms with van der Waals surface area (Å²) in [7, 11) is 1.12. The van der Waals surface area contributed by atoms with Gasteiger partial charge in [0.15, 0.2) is 0 Å². The molecule has 0 N–H and O–H groups in total. The van der Waals surface area contributed by atoms with Gasteiger partial charge in [-0.3, -0.25) is 0 Å². The number of hydrogen-bond acceptors (Lipinski definition) is 3. The Hall–Kier alpha value is -0.940. The van der Waals surface area contributed by atoms with Gasteiger partial charge in [0.2, 0.25) is 0 Å². The number of pyridine rings is 1. The third-order valence-electron chi connectivity index (χ3n) is 1.84. The molecule has 0 saturated carbocycles. The molecule has 0 saturated heterocycles. The largest absolute Gasteiger partial charge is 0.464 e. The molecule has 0 spiro atoms. The fourth-order valence-electron chi connectivity index (χ4n) is 1.08. The first-order valence-electron chi connectivity index (χ1n) is 4.13. The maximum absolute atomic E-state index is 12.6. The first kappa shape index (κ1) is 13.1. The summed E-state index contributed by atoms with van der Waals surface area (Å²) in [6, 6.07) is 1.15. The number of nitrogens with zero attached hydrogens (tertiary/aromatic N) is 1. The van der Waals surface area contributed by atoms with Crippen LogP contribution >= 0.6 is 23.2 Å².